The van der Waals surface area contributed by atoms with Crippen LogP contribution >= 0.6 is 0 Å². The summed E-state index contributed by atoms with van der Waals surface area (Å²) >= 11 is 0. The van der Waals surface area contributed by atoms with Crippen molar-refractivity contribution in [1.82, 2.24) is 0 Å². The van der Waals surface area contributed by atoms with Crippen molar-refractivity contribution >= 4 is 17.7 Å². The van der Waals surface area contributed by atoms with Gasteiger partial charge in [-0.05, 0) is 23.3 Å². The summed E-state index contributed by atoms with van der Waals surface area (Å²) in [6, 6.07) is 14.8. The van der Waals surface area contributed by atoms with Crippen LogP contribution in [0.1, 0.15) is 17.2 Å². The van der Waals surface area contributed by atoms with E-state index in [4.69, 9.17) is 10.3 Å². The highest BCUT2D eigenvalue weighted by atomic mass is 16.6. The van der Waals surface area contributed by atoms with Crippen LogP contribution in [0.4, 0.5) is 5.69 Å². The van der Waals surface area contributed by atoms with E-state index in [2.05, 4.69) is 4.79 Å². The highest BCUT2D eigenvalue weighted by Gasteiger charge is 2.65. The van der Waals surface area contributed by atoms with Crippen molar-refractivity contribution in [3.63, 3.8) is 0 Å². The van der Waals surface area contributed by atoms with Gasteiger partial charge >= 0.3 is 6.21 Å². The molecular formula is C16H12N3O4+. The largest absolute Gasteiger partial charge is 0.376 e. The van der Waals surface area contributed by atoms with E-state index >= 15 is 0 Å². The molecule has 2 atom stereocenters. The van der Waals surface area contributed by atoms with Gasteiger partial charge in [0, 0.05) is 12.1 Å². The minimum absolute atomic E-state index is 0.0289. The topological polar surface area (TPSA) is 111 Å². The molecule has 0 bridgehead atoms. The number of carbonyl (C=O) groups is 1. The quantitative estimate of drug-likeness (QED) is 0.228. The molecule has 0 spiro atoms. The Morgan fingerprint density at radius 1 is 1.22 bits per heavy atom. The molecule has 1 aliphatic rings. The smallest absolute Gasteiger partial charge is 0.347 e. The Bertz CT molecular complexity index is 813. The fraction of sp³-hybridized carbons (Fsp3) is 0.125. The molecule has 0 aliphatic carbocycles. The maximum absolute atomic E-state index is 12.4. The molecule has 1 aliphatic heterocycles. The van der Waals surface area contributed by atoms with E-state index in [-0.39, 0.29) is 5.69 Å². The monoisotopic (exact) mass is 310 g/mol. The molecule has 0 saturated carbocycles. The molecule has 23 heavy (non-hydrogen) atoms. The molecule has 114 valence electrons. The Morgan fingerprint density at radius 3 is 2.43 bits per heavy atom. The Morgan fingerprint density at radius 2 is 1.87 bits per heavy atom. The zero-order valence-electron chi connectivity index (χ0n) is 11.9. The number of Topliss-reactive ketones (excluding diaryl/α,β-unsaturated/α-hetero) is 1. The molecule has 0 amide bonds. The fourth-order valence-electron chi connectivity index (χ4n) is 2.61. The third-order valence-corrected chi connectivity index (χ3v) is 3.77. The first kappa shape index (κ1) is 14.8. The summed E-state index contributed by atoms with van der Waals surface area (Å²) in [6.45, 7) is 0. The maximum atomic E-state index is 12.4. The molecule has 7 nitrogen and oxygen atoms in total. The van der Waals surface area contributed by atoms with E-state index in [0.717, 1.165) is 6.21 Å². The van der Waals surface area contributed by atoms with Crippen molar-refractivity contribution in [3.05, 3.63) is 75.8 Å². The number of non-ortho nitro benzene ring substituents is 1. The second-order valence-corrected chi connectivity index (χ2v) is 5.07. The molecule has 2 unspecified atom stereocenters. The summed E-state index contributed by atoms with van der Waals surface area (Å²) in [5.74, 6) is -0.429. The van der Waals surface area contributed by atoms with Gasteiger partial charge in [-0.1, -0.05) is 30.3 Å². The highest BCUT2D eigenvalue weighted by molar-refractivity contribution is 6.30. The Labute approximate surface area is 130 Å². The molecule has 3 rings (SSSR count). The van der Waals surface area contributed by atoms with Gasteiger partial charge in [0.05, 0.1) is 15.2 Å². The molecule has 1 fully saturated rings. The number of ether oxygens (including phenoxy) is 1. The van der Waals surface area contributed by atoms with Crippen molar-refractivity contribution in [2.24, 2.45) is 0 Å². The van der Waals surface area contributed by atoms with Crippen LogP contribution in [-0.4, -0.2) is 21.7 Å². The van der Waals surface area contributed by atoms with Crippen molar-refractivity contribution in [1.29, 1.82) is 5.53 Å². The highest BCUT2D eigenvalue weighted by Crippen LogP contribution is 2.57. The van der Waals surface area contributed by atoms with Gasteiger partial charge in [0.1, 0.15) is 6.10 Å². The Hall–Kier alpha value is -3.15. The molecule has 0 radical (unpaired) electrons. The van der Waals surface area contributed by atoms with Crippen LogP contribution < -0.4 is 0 Å². The molecule has 1 saturated heterocycles. The number of nitro benzene ring substituents is 1. The average molecular weight is 310 g/mol. The van der Waals surface area contributed by atoms with E-state index in [1.54, 1.807) is 36.4 Å². The minimum Gasteiger partial charge on any atom is -0.347 e. The summed E-state index contributed by atoms with van der Waals surface area (Å²) in [6.07, 6.45) is 0.356. The van der Waals surface area contributed by atoms with Crippen LogP contribution in [0.5, 0.6) is 0 Å². The van der Waals surface area contributed by atoms with E-state index in [0.29, 0.717) is 11.1 Å². The lowest BCUT2D eigenvalue weighted by molar-refractivity contribution is -0.384. The van der Waals surface area contributed by atoms with Crippen molar-refractivity contribution in [2.45, 2.75) is 11.7 Å². The van der Waals surface area contributed by atoms with Gasteiger partial charge in [-0.2, -0.15) is 0 Å². The molecule has 1 heterocycles. The number of hydrogen-bond donors (Lipinski definition) is 1. The van der Waals surface area contributed by atoms with E-state index < -0.39 is 22.4 Å². The maximum Gasteiger partial charge on any atom is 0.376 e. The number of nitro groups is 1. The lowest BCUT2D eigenvalue weighted by Gasteiger charge is -2.07. The van der Waals surface area contributed by atoms with Crippen LogP contribution in [-0.2, 0) is 15.1 Å². The van der Waals surface area contributed by atoms with E-state index in [1.807, 2.05) is 6.07 Å². The Balaban J connectivity index is 1.99. The number of rotatable bonds is 5. The van der Waals surface area contributed by atoms with Crippen molar-refractivity contribution in [3.8, 4) is 0 Å². The zero-order chi connectivity index (χ0) is 16.4. The number of benzene rings is 2. The zero-order valence-corrected chi connectivity index (χ0v) is 11.9. The first-order chi connectivity index (χ1) is 11.1. The van der Waals surface area contributed by atoms with Crippen LogP contribution in [0.3, 0.4) is 0 Å². The molecular weight excluding hydrogens is 298 g/mol. The standard InChI is InChI=1S/C16H12N3O4/c17-18-10-14(20)16(12-4-2-1-3-5-12)15(23-16)11-6-8-13(9-7-11)19(21)22/h1-10,15,17H/q+1. The van der Waals surface area contributed by atoms with Gasteiger partial charge < -0.3 is 4.74 Å². The second-order valence-electron chi connectivity index (χ2n) is 5.07. The van der Waals surface area contributed by atoms with Gasteiger partial charge in [0.15, 0.2) is 5.60 Å². The minimum atomic E-state index is -1.22. The molecule has 7 heteroatoms. The summed E-state index contributed by atoms with van der Waals surface area (Å²) in [5, 5.41) is 10.7. The summed E-state index contributed by atoms with van der Waals surface area (Å²) in [5.41, 5.74) is 6.94. The SMILES string of the molecule is N=[N+]=CC(=O)C1(c2ccccc2)OC1c1ccc([N+](=O)[O-])cc1. The first-order valence-corrected chi connectivity index (χ1v) is 6.81. The van der Waals surface area contributed by atoms with Crippen LogP contribution in [0, 0.1) is 15.6 Å². The molecule has 0 aromatic heterocycles. The van der Waals surface area contributed by atoms with Crippen molar-refractivity contribution < 1.29 is 19.2 Å². The number of hydrogen-bond acceptors (Lipinski definition) is 5. The summed E-state index contributed by atoms with van der Waals surface area (Å²) < 4.78 is 5.70. The van der Waals surface area contributed by atoms with Gasteiger partial charge in [0.2, 0.25) is 0 Å². The third-order valence-electron chi connectivity index (χ3n) is 3.77. The van der Waals surface area contributed by atoms with Gasteiger partial charge in [0.25, 0.3) is 11.5 Å². The summed E-state index contributed by atoms with van der Waals surface area (Å²) in [4.78, 5) is 25.7. The number of nitrogens with zero attached hydrogens (tertiary/aromatic N) is 2. The van der Waals surface area contributed by atoms with E-state index in [1.165, 1.54) is 12.1 Å². The van der Waals surface area contributed by atoms with Crippen LogP contribution in [0.25, 0.3) is 0 Å². The number of epoxide rings is 1. The average Bonchev–Trinajstić information content (AvgIpc) is 3.33. The second kappa shape index (κ2) is 5.57. The Kier molecular flexibility index (Phi) is 3.57. The van der Waals surface area contributed by atoms with Crippen molar-refractivity contribution in [2.75, 3.05) is 0 Å². The normalized spacial score (nSPS) is 22.0. The number of carbonyl (C=O) groups excluding carboxylic acids is 1. The van der Waals surface area contributed by atoms with Gasteiger partial charge in [-0.15, -0.1) is 0 Å². The lowest BCUT2D eigenvalue weighted by Crippen LogP contribution is -2.24. The molecule has 2 aromatic carbocycles. The van der Waals surface area contributed by atoms with Gasteiger partial charge in [-0.25, -0.2) is 0 Å². The number of nitrogens with one attached hydrogen (secondary N) is 1. The first-order valence-electron chi connectivity index (χ1n) is 6.81. The predicted molar refractivity (Wildman–Crippen MR) is 79.1 cm³/mol. The summed E-state index contributed by atoms with van der Waals surface area (Å²) in [7, 11) is 0. The third kappa shape index (κ3) is 2.44. The lowest BCUT2D eigenvalue weighted by atomic mass is 9.88. The van der Waals surface area contributed by atoms with E-state index in [9.17, 15) is 14.9 Å². The molecule has 2 aromatic rings. The predicted octanol–water partition coefficient (Wildman–Crippen LogP) is 2.44. The van der Waals surface area contributed by atoms with Crippen LogP contribution in [0.2, 0.25) is 0 Å². The van der Waals surface area contributed by atoms with Crippen LogP contribution in [0.15, 0.2) is 54.6 Å². The molecule has 1 N–H and O–H groups in total. The number of ketones is 1. The fourth-order valence-corrected chi connectivity index (χ4v) is 2.61. The van der Waals surface area contributed by atoms with Gasteiger partial charge in [-0.3, -0.25) is 14.9 Å².